The zero-order valence-electron chi connectivity index (χ0n) is 21.0. The van der Waals surface area contributed by atoms with Gasteiger partial charge in [0.15, 0.2) is 0 Å². The van der Waals surface area contributed by atoms with Crippen molar-refractivity contribution in [2.75, 3.05) is 5.32 Å². The maximum atomic E-state index is 12.8. The third-order valence-corrected chi connectivity index (χ3v) is 4.89. The number of rotatable bonds is 8. The monoisotopic (exact) mass is 474 g/mol. The van der Waals surface area contributed by atoms with Gasteiger partial charge in [-0.3, -0.25) is 15.1 Å². The van der Waals surface area contributed by atoms with Crippen molar-refractivity contribution >= 4 is 23.4 Å². The molecule has 2 amide bonds. The van der Waals surface area contributed by atoms with Crippen LogP contribution in [0.4, 0.5) is 10.5 Å². The van der Waals surface area contributed by atoms with Gasteiger partial charge in [-0.15, -0.1) is 0 Å². The molecule has 1 atom stereocenters. The zero-order chi connectivity index (χ0) is 25.8. The van der Waals surface area contributed by atoms with Crippen LogP contribution in [0, 0.1) is 12.3 Å². The molecule has 1 heterocycles. The molecule has 7 nitrogen and oxygen atoms in total. The quantitative estimate of drug-likeness (QED) is 0.333. The molecule has 0 aliphatic heterocycles. The van der Waals surface area contributed by atoms with E-state index in [-0.39, 0.29) is 18.4 Å². The molecule has 0 spiro atoms. The van der Waals surface area contributed by atoms with E-state index in [1.165, 1.54) is 0 Å². The molecule has 3 rings (SSSR count). The van der Waals surface area contributed by atoms with Crippen LogP contribution in [0.1, 0.15) is 67.3 Å². The van der Waals surface area contributed by atoms with Gasteiger partial charge in [-0.1, -0.05) is 49.7 Å². The number of amides is 2. The summed E-state index contributed by atoms with van der Waals surface area (Å²) in [5.74, 6) is -0.221. The Labute approximate surface area is 207 Å². The van der Waals surface area contributed by atoms with Gasteiger partial charge in [0.1, 0.15) is 0 Å². The summed E-state index contributed by atoms with van der Waals surface area (Å²) >= 11 is 0. The van der Waals surface area contributed by atoms with Crippen LogP contribution in [-0.4, -0.2) is 28.8 Å². The van der Waals surface area contributed by atoms with Crippen molar-refractivity contribution in [1.82, 2.24) is 10.3 Å². The molecule has 2 aromatic carbocycles. The molecule has 0 radical (unpaired) electrons. The maximum Gasteiger partial charge on any atom is 0.411 e. The van der Waals surface area contributed by atoms with Gasteiger partial charge in [-0.2, -0.15) is 0 Å². The van der Waals surface area contributed by atoms with E-state index in [0.717, 1.165) is 5.56 Å². The van der Waals surface area contributed by atoms with E-state index >= 15 is 0 Å². The van der Waals surface area contributed by atoms with Crippen molar-refractivity contribution in [2.24, 2.45) is 0 Å². The summed E-state index contributed by atoms with van der Waals surface area (Å²) in [4.78, 5) is 29.0. The third-order valence-electron chi connectivity index (χ3n) is 4.89. The highest BCUT2D eigenvalue weighted by Gasteiger charge is 2.19. The first-order valence-electron chi connectivity index (χ1n) is 11.8. The zero-order valence-corrected chi connectivity index (χ0v) is 21.0. The van der Waals surface area contributed by atoms with Gasteiger partial charge in [0, 0.05) is 29.6 Å². The van der Waals surface area contributed by atoms with Crippen molar-refractivity contribution in [3.05, 3.63) is 95.3 Å². The number of benzene rings is 2. The number of hydrogen-bond donors (Lipinski definition) is 3. The van der Waals surface area contributed by atoms with Crippen LogP contribution >= 0.6 is 0 Å². The summed E-state index contributed by atoms with van der Waals surface area (Å²) in [7, 11) is 0. The second kappa shape index (κ2) is 13.6. The van der Waals surface area contributed by atoms with E-state index in [9.17, 15) is 9.59 Å². The van der Waals surface area contributed by atoms with E-state index in [1.807, 2.05) is 51.1 Å². The predicted octanol–water partition coefficient (Wildman–Crippen LogP) is 6.30. The van der Waals surface area contributed by atoms with Crippen LogP contribution in [-0.2, 0) is 4.74 Å². The topological polar surface area (TPSA) is 104 Å². The van der Waals surface area contributed by atoms with E-state index in [2.05, 4.69) is 15.6 Å². The average Bonchev–Trinajstić information content (AvgIpc) is 2.85. The molecule has 0 saturated heterocycles. The Bertz CT molecular complexity index is 1100. The number of aromatic nitrogens is 1. The van der Waals surface area contributed by atoms with Gasteiger partial charge in [0.25, 0.3) is 5.91 Å². The van der Waals surface area contributed by atoms with Gasteiger partial charge < -0.3 is 15.5 Å². The standard InChI is InChI=1S/C26H28N4O3.C2H6/c1-17(2)33-26(32)29-21-13-11-19(12-14-21)22(27)16-24(23-6-4-5-15-28-23)30-25(31)20-9-7-18(3)8-10-20;1-2/h4-15,17,24,27H,16H2,1-3H3,(H,29,32)(H,30,31);1-2H3. The molecule has 0 saturated carbocycles. The molecule has 3 N–H and O–H groups in total. The molecule has 0 bridgehead atoms. The Morgan fingerprint density at radius 2 is 1.57 bits per heavy atom. The Kier molecular flexibility index (Phi) is 10.6. The molecule has 1 aromatic heterocycles. The van der Waals surface area contributed by atoms with E-state index in [4.69, 9.17) is 10.1 Å². The fourth-order valence-corrected chi connectivity index (χ4v) is 3.20. The molecule has 7 heteroatoms. The molecule has 0 fully saturated rings. The van der Waals surface area contributed by atoms with Gasteiger partial charge in [0.2, 0.25) is 0 Å². The third kappa shape index (κ3) is 8.70. The van der Waals surface area contributed by atoms with E-state index in [1.54, 1.807) is 56.4 Å². The summed E-state index contributed by atoms with van der Waals surface area (Å²) in [6.45, 7) is 9.52. The molecule has 1 unspecified atom stereocenters. The fourth-order valence-electron chi connectivity index (χ4n) is 3.20. The molecular weight excluding hydrogens is 440 g/mol. The van der Waals surface area contributed by atoms with Crippen LogP contribution in [0.5, 0.6) is 0 Å². The summed E-state index contributed by atoms with van der Waals surface area (Å²) in [6.07, 6.45) is 1.19. The van der Waals surface area contributed by atoms with Crippen molar-refractivity contribution in [3.8, 4) is 0 Å². The van der Waals surface area contributed by atoms with Crippen molar-refractivity contribution in [3.63, 3.8) is 0 Å². The molecule has 35 heavy (non-hydrogen) atoms. The number of hydrogen-bond acceptors (Lipinski definition) is 5. The number of nitrogens with zero attached hydrogens (tertiary/aromatic N) is 1. The van der Waals surface area contributed by atoms with Crippen LogP contribution in [0.3, 0.4) is 0 Å². The SMILES string of the molecule is CC.Cc1ccc(C(=O)NC(CC(=N)c2ccc(NC(=O)OC(C)C)cc2)c2ccccn2)cc1. The maximum absolute atomic E-state index is 12.8. The average molecular weight is 475 g/mol. The Hall–Kier alpha value is -4.00. The Balaban J connectivity index is 0.00000210. The lowest BCUT2D eigenvalue weighted by molar-refractivity contribution is 0.0936. The molecule has 3 aromatic rings. The van der Waals surface area contributed by atoms with Gasteiger partial charge >= 0.3 is 6.09 Å². The normalized spacial score (nSPS) is 11.0. The highest BCUT2D eigenvalue weighted by atomic mass is 16.6. The minimum Gasteiger partial charge on any atom is -0.447 e. The van der Waals surface area contributed by atoms with Crippen molar-refractivity contribution in [1.29, 1.82) is 5.41 Å². The number of aryl methyl sites for hydroxylation is 1. The first-order valence-corrected chi connectivity index (χ1v) is 11.8. The number of ether oxygens (including phenoxy) is 1. The van der Waals surface area contributed by atoms with Crippen molar-refractivity contribution < 1.29 is 14.3 Å². The van der Waals surface area contributed by atoms with E-state index < -0.39 is 12.1 Å². The first kappa shape index (κ1) is 27.2. The Morgan fingerprint density at radius 3 is 2.14 bits per heavy atom. The number of pyridine rings is 1. The van der Waals surface area contributed by atoms with Crippen LogP contribution < -0.4 is 10.6 Å². The summed E-state index contributed by atoms with van der Waals surface area (Å²) in [6, 6.07) is 19.3. The van der Waals surface area contributed by atoms with Gasteiger partial charge in [-0.25, -0.2) is 4.79 Å². The summed E-state index contributed by atoms with van der Waals surface area (Å²) in [5.41, 5.74) is 3.90. The number of nitrogens with one attached hydrogen (secondary N) is 3. The number of anilines is 1. The smallest absolute Gasteiger partial charge is 0.411 e. The fraction of sp³-hybridized carbons (Fsp3) is 0.286. The van der Waals surface area contributed by atoms with Gasteiger partial charge in [-0.05, 0) is 62.7 Å². The molecule has 184 valence electrons. The summed E-state index contributed by atoms with van der Waals surface area (Å²) < 4.78 is 5.07. The highest BCUT2D eigenvalue weighted by molar-refractivity contribution is 6.00. The number of carbonyl (C=O) groups is 2. The molecule has 0 aliphatic rings. The largest absolute Gasteiger partial charge is 0.447 e. The number of carbonyl (C=O) groups excluding carboxylic acids is 2. The first-order chi connectivity index (χ1) is 16.8. The second-order valence-electron chi connectivity index (χ2n) is 7.99. The Morgan fingerprint density at radius 1 is 0.943 bits per heavy atom. The van der Waals surface area contributed by atoms with Crippen molar-refractivity contribution in [2.45, 2.75) is 53.2 Å². The molecule has 0 aliphatic carbocycles. The second-order valence-corrected chi connectivity index (χ2v) is 7.99. The van der Waals surface area contributed by atoms with Gasteiger partial charge in [0.05, 0.1) is 17.8 Å². The predicted molar refractivity (Wildman–Crippen MR) is 140 cm³/mol. The van der Waals surface area contributed by atoms with Crippen LogP contribution in [0.2, 0.25) is 0 Å². The minimum atomic E-state index is -0.526. The molecular formula is C28H34N4O3. The van der Waals surface area contributed by atoms with Crippen LogP contribution in [0.15, 0.2) is 72.9 Å². The highest BCUT2D eigenvalue weighted by Crippen LogP contribution is 2.20. The summed E-state index contributed by atoms with van der Waals surface area (Å²) in [5, 5.41) is 14.3. The lowest BCUT2D eigenvalue weighted by atomic mass is 9.99. The minimum absolute atomic E-state index is 0.212. The van der Waals surface area contributed by atoms with E-state index in [0.29, 0.717) is 28.2 Å². The van der Waals surface area contributed by atoms with Crippen LogP contribution in [0.25, 0.3) is 0 Å². The lowest BCUT2D eigenvalue weighted by Crippen LogP contribution is -2.30. The lowest BCUT2D eigenvalue weighted by Gasteiger charge is -2.19.